The molecule has 2 amide bonds. The van der Waals surface area contributed by atoms with Crippen LogP contribution in [0.4, 0.5) is 11.4 Å². The Kier molecular flexibility index (Phi) is 5.65. The molecule has 0 aliphatic carbocycles. The van der Waals surface area contributed by atoms with Crippen molar-refractivity contribution in [1.29, 1.82) is 0 Å². The molecular weight excluding hydrogens is 352 g/mol. The monoisotopic (exact) mass is 372 g/mol. The number of anilines is 2. The fourth-order valence-electron chi connectivity index (χ4n) is 2.63. The SMILES string of the molecule is CC(=O)c1ccc(NC(=O)c2cccc(C(=O)Nc3ccc(C)cc3)c2)cc1. The number of carbonyl (C=O) groups is 3. The van der Waals surface area contributed by atoms with Crippen molar-refractivity contribution in [2.24, 2.45) is 0 Å². The summed E-state index contributed by atoms with van der Waals surface area (Å²) in [4.78, 5) is 36.3. The number of ketones is 1. The van der Waals surface area contributed by atoms with Crippen molar-refractivity contribution in [3.8, 4) is 0 Å². The van der Waals surface area contributed by atoms with Gasteiger partial charge in [-0.05, 0) is 68.4 Å². The maximum absolute atomic E-state index is 12.5. The van der Waals surface area contributed by atoms with Crippen LogP contribution >= 0.6 is 0 Å². The second kappa shape index (κ2) is 8.31. The quantitative estimate of drug-likeness (QED) is 0.637. The predicted molar refractivity (Wildman–Crippen MR) is 110 cm³/mol. The third kappa shape index (κ3) is 4.71. The lowest BCUT2D eigenvalue weighted by Gasteiger charge is -2.09. The number of carbonyl (C=O) groups excluding carboxylic acids is 3. The molecule has 140 valence electrons. The second-order valence-electron chi connectivity index (χ2n) is 6.49. The van der Waals surface area contributed by atoms with Gasteiger partial charge in [-0.2, -0.15) is 0 Å². The highest BCUT2D eigenvalue weighted by Gasteiger charge is 2.11. The van der Waals surface area contributed by atoms with Crippen LogP contribution in [0.1, 0.15) is 43.6 Å². The van der Waals surface area contributed by atoms with Crippen LogP contribution in [0.3, 0.4) is 0 Å². The maximum atomic E-state index is 12.5. The van der Waals surface area contributed by atoms with E-state index in [2.05, 4.69) is 10.6 Å². The number of rotatable bonds is 5. The molecule has 0 heterocycles. The van der Waals surface area contributed by atoms with Crippen molar-refractivity contribution in [2.75, 3.05) is 10.6 Å². The van der Waals surface area contributed by atoms with Gasteiger partial charge in [0.15, 0.2) is 5.78 Å². The summed E-state index contributed by atoms with van der Waals surface area (Å²) in [5.41, 5.74) is 3.70. The molecule has 0 saturated carbocycles. The molecule has 0 spiro atoms. The fourth-order valence-corrected chi connectivity index (χ4v) is 2.63. The Bertz CT molecular complexity index is 1020. The van der Waals surface area contributed by atoms with E-state index in [4.69, 9.17) is 0 Å². The van der Waals surface area contributed by atoms with Gasteiger partial charge in [-0.15, -0.1) is 0 Å². The first-order valence-corrected chi connectivity index (χ1v) is 8.83. The van der Waals surface area contributed by atoms with Crippen molar-refractivity contribution in [3.05, 3.63) is 95.1 Å². The van der Waals surface area contributed by atoms with Crippen LogP contribution in [0.15, 0.2) is 72.8 Å². The van der Waals surface area contributed by atoms with Gasteiger partial charge in [-0.25, -0.2) is 0 Å². The van der Waals surface area contributed by atoms with Gasteiger partial charge in [-0.1, -0.05) is 23.8 Å². The zero-order valence-corrected chi connectivity index (χ0v) is 15.7. The van der Waals surface area contributed by atoms with Crippen LogP contribution in [0.5, 0.6) is 0 Å². The summed E-state index contributed by atoms with van der Waals surface area (Å²) in [6, 6.07) is 20.6. The van der Waals surface area contributed by atoms with Gasteiger partial charge in [0.2, 0.25) is 0 Å². The molecular formula is C23H20N2O3. The van der Waals surface area contributed by atoms with Gasteiger partial charge in [0, 0.05) is 28.1 Å². The number of hydrogen-bond acceptors (Lipinski definition) is 3. The maximum Gasteiger partial charge on any atom is 0.255 e. The van der Waals surface area contributed by atoms with Gasteiger partial charge in [-0.3, -0.25) is 14.4 Å². The molecule has 0 unspecified atom stereocenters. The molecule has 0 bridgehead atoms. The van der Waals surface area contributed by atoms with Gasteiger partial charge in [0.25, 0.3) is 11.8 Å². The summed E-state index contributed by atoms with van der Waals surface area (Å²) in [6.45, 7) is 3.46. The first-order chi connectivity index (χ1) is 13.4. The van der Waals surface area contributed by atoms with E-state index in [0.717, 1.165) is 5.56 Å². The first-order valence-electron chi connectivity index (χ1n) is 8.83. The topological polar surface area (TPSA) is 75.3 Å². The number of Topliss-reactive ketones (excluding diaryl/α,β-unsaturated/α-hetero) is 1. The molecule has 5 heteroatoms. The zero-order chi connectivity index (χ0) is 20.1. The minimum absolute atomic E-state index is 0.0369. The van der Waals surface area contributed by atoms with Gasteiger partial charge in [0.05, 0.1) is 0 Å². The molecule has 0 fully saturated rings. The Balaban J connectivity index is 1.71. The minimum atomic E-state index is -0.333. The first kappa shape index (κ1) is 19.0. The number of aryl methyl sites for hydroxylation is 1. The van der Waals surface area contributed by atoms with Crippen molar-refractivity contribution >= 4 is 29.0 Å². The summed E-state index contributed by atoms with van der Waals surface area (Å²) < 4.78 is 0. The average Bonchev–Trinajstić information content (AvgIpc) is 2.70. The van der Waals surface area contributed by atoms with Crippen LogP contribution in [-0.4, -0.2) is 17.6 Å². The molecule has 0 aliphatic rings. The molecule has 5 nitrogen and oxygen atoms in total. The van der Waals surface area contributed by atoms with Gasteiger partial charge < -0.3 is 10.6 Å². The summed E-state index contributed by atoms with van der Waals surface area (Å²) in [5, 5.41) is 5.58. The summed E-state index contributed by atoms with van der Waals surface area (Å²) in [5.74, 6) is -0.657. The van der Waals surface area contributed by atoms with Crippen molar-refractivity contribution < 1.29 is 14.4 Å². The van der Waals surface area contributed by atoms with E-state index in [-0.39, 0.29) is 17.6 Å². The predicted octanol–water partition coefficient (Wildman–Crippen LogP) is 4.70. The van der Waals surface area contributed by atoms with Crippen molar-refractivity contribution in [2.45, 2.75) is 13.8 Å². The lowest BCUT2D eigenvalue weighted by atomic mass is 10.1. The van der Waals surface area contributed by atoms with Crippen LogP contribution in [0, 0.1) is 6.92 Å². The Morgan fingerprint density at radius 2 is 1.11 bits per heavy atom. The van der Waals surface area contributed by atoms with E-state index >= 15 is 0 Å². The molecule has 3 aromatic carbocycles. The largest absolute Gasteiger partial charge is 0.322 e. The standard InChI is InChI=1S/C23H20N2O3/c1-15-6-10-20(11-7-15)24-22(27)18-4-3-5-19(14-18)23(28)25-21-12-8-17(9-13-21)16(2)26/h3-14H,1-2H3,(H,24,27)(H,25,28). The number of nitrogens with one attached hydrogen (secondary N) is 2. The van der Waals surface area contributed by atoms with Gasteiger partial charge in [0.1, 0.15) is 0 Å². The molecule has 0 aromatic heterocycles. The second-order valence-corrected chi connectivity index (χ2v) is 6.49. The lowest BCUT2D eigenvalue weighted by molar-refractivity contribution is 0.101. The summed E-state index contributed by atoms with van der Waals surface area (Å²) in [7, 11) is 0. The molecule has 3 aromatic rings. The van der Waals surface area contributed by atoms with E-state index in [9.17, 15) is 14.4 Å². The van der Waals surface area contributed by atoms with Crippen LogP contribution in [0.2, 0.25) is 0 Å². The molecule has 3 rings (SSSR count). The zero-order valence-electron chi connectivity index (χ0n) is 15.7. The molecule has 0 saturated heterocycles. The molecule has 0 aliphatic heterocycles. The fraction of sp³-hybridized carbons (Fsp3) is 0.0870. The van der Waals surface area contributed by atoms with Crippen molar-refractivity contribution in [1.82, 2.24) is 0 Å². The smallest absolute Gasteiger partial charge is 0.255 e. The lowest BCUT2D eigenvalue weighted by Crippen LogP contribution is -2.15. The highest BCUT2D eigenvalue weighted by Crippen LogP contribution is 2.15. The van der Waals surface area contributed by atoms with Crippen LogP contribution in [-0.2, 0) is 0 Å². The normalized spacial score (nSPS) is 10.2. The average molecular weight is 372 g/mol. The van der Waals surface area contributed by atoms with Crippen LogP contribution in [0.25, 0.3) is 0 Å². The molecule has 0 radical (unpaired) electrons. The summed E-state index contributed by atoms with van der Waals surface area (Å²) >= 11 is 0. The summed E-state index contributed by atoms with van der Waals surface area (Å²) in [6.07, 6.45) is 0. The third-order valence-electron chi connectivity index (χ3n) is 4.25. The van der Waals surface area contributed by atoms with E-state index in [1.165, 1.54) is 6.92 Å². The third-order valence-corrected chi connectivity index (χ3v) is 4.25. The Hall–Kier alpha value is -3.73. The molecule has 2 N–H and O–H groups in total. The van der Waals surface area contributed by atoms with Crippen LogP contribution < -0.4 is 10.6 Å². The van der Waals surface area contributed by atoms with Gasteiger partial charge >= 0.3 is 0 Å². The molecule has 0 atom stereocenters. The minimum Gasteiger partial charge on any atom is -0.322 e. The Morgan fingerprint density at radius 1 is 0.643 bits per heavy atom. The van der Waals surface area contributed by atoms with E-state index in [1.807, 2.05) is 31.2 Å². The highest BCUT2D eigenvalue weighted by molar-refractivity contribution is 6.08. The van der Waals surface area contributed by atoms with E-state index in [1.54, 1.807) is 48.5 Å². The number of benzene rings is 3. The Morgan fingerprint density at radius 3 is 1.57 bits per heavy atom. The number of hydrogen-bond donors (Lipinski definition) is 2. The molecule has 28 heavy (non-hydrogen) atoms. The number of amides is 2. The van der Waals surface area contributed by atoms with E-state index < -0.39 is 0 Å². The van der Waals surface area contributed by atoms with Crippen molar-refractivity contribution in [3.63, 3.8) is 0 Å². The van der Waals surface area contributed by atoms with E-state index in [0.29, 0.717) is 28.1 Å². The highest BCUT2D eigenvalue weighted by atomic mass is 16.2. The Labute approximate surface area is 163 Å².